The van der Waals surface area contributed by atoms with Gasteiger partial charge in [0.15, 0.2) is 0 Å². The van der Waals surface area contributed by atoms with Gasteiger partial charge >= 0.3 is 11.7 Å². The van der Waals surface area contributed by atoms with Crippen LogP contribution < -0.4 is 5.69 Å². The number of aliphatic carboxylic acids is 1. The molecule has 0 bridgehead atoms. The third kappa shape index (κ3) is 3.68. The molecule has 0 spiro atoms. The molecule has 0 atom stereocenters. The van der Waals surface area contributed by atoms with Gasteiger partial charge < -0.3 is 5.11 Å². The second-order valence-electron chi connectivity index (χ2n) is 4.56. The van der Waals surface area contributed by atoms with Gasteiger partial charge in [-0.15, -0.1) is 0 Å². The zero-order valence-electron chi connectivity index (χ0n) is 11.5. The average Bonchev–Trinajstić information content (AvgIpc) is 2.77. The van der Waals surface area contributed by atoms with Crippen LogP contribution in [-0.2, 0) is 17.9 Å². The quantitative estimate of drug-likeness (QED) is 0.856. The van der Waals surface area contributed by atoms with Crippen molar-refractivity contribution >= 4 is 12.0 Å². The molecule has 1 heterocycles. The smallest absolute Gasteiger partial charge is 0.328 e. The van der Waals surface area contributed by atoms with Crippen LogP contribution in [-0.4, -0.2) is 20.2 Å². The van der Waals surface area contributed by atoms with E-state index in [-0.39, 0.29) is 12.2 Å². The number of hydrogen-bond acceptors (Lipinski definition) is 2. The van der Waals surface area contributed by atoms with Gasteiger partial charge in [0.1, 0.15) is 5.82 Å². The highest BCUT2D eigenvalue weighted by atomic mass is 19.1. The number of carboxylic acids is 1. The van der Waals surface area contributed by atoms with Crippen LogP contribution in [0.15, 0.2) is 41.5 Å². The Hall–Kier alpha value is -2.63. The zero-order chi connectivity index (χ0) is 15.4. The van der Waals surface area contributed by atoms with Crippen molar-refractivity contribution in [1.29, 1.82) is 0 Å². The fourth-order valence-electron chi connectivity index (χ4n) is 2.04. The molecule has 0 amide bonds. The molecule has 0 unspecified atom stereocenters. The van der Waals surface area contributed by atoms with E-state index in [1.165, 1.54) is 22.8 Å². The standard InChI is InChI=1S/C15H15FN2O3/c1-2-17-5-6-18(15(17)21)10-12-7-11(3-4-14(19)20)8-13(16)9-12/h3-9H,2,10H2,1H3,(H,19,20)/b4-3+. The van der Waals surface area contributed by atoms with E-state index in [1.54, 1.807) is 23.0 Å². The second-order valence-corrected chi connectivity index (χ2v) is 4.56. The Balaban J connectivity index is 2.29. The lowest BCUT2D eigenvalue weighted by atomic mass is 10.1. The molecule has 1 N–H and O–H groups in total. The molecule has 2 aromatic rings. The molecule has 0 radical (unpaired) electrons. The van der Waals surface area contributed by atoms with Crippen LogP contribution in [0.1, 0.15) is 18.1 Å². The van der Waals surface area contributed by atoms with E-state index >= 15 is 0 Å². The molecule has 0 aliphatic carbocycles. The summed E-state index contributed by atoms with van der Waals surface area (Å²) in [5.74, 6) is -1.57. The number of carboxylic acid groups (broad SMARTS) is 1. The molecule has 1 aromatic carbocycles. The number of imidazole rings is 1. The van der Waals surface area contributed by atoms with E-state index in [9.17, 15) is 14.0 Å². The molecular formula is C15H15FN2O3. The fourth-order valence-corrected chi connectivity index (χ4v) is 2.04. The maximum Gasteiger partial charge on any atom is 0.328 e. The Bertz CT molecular complexity index is 744. The number of aromatic nitrogens is 2. The van der Waals surface area contributed by atoms with E-state index in [4.69, 9.17) is 5.11 Å². The summed E-state index contributed by atoms with van der Waals surface area (Å²) in [6.45, 7) is 2.67. The van der Waals surface area contributed by atoms with Gasteiger partial charge in [0.2, 0.25) is 0 Å². The van der Waals surface area contributed by atoms with Gasteiger partial charge in [0.25, 0.3) is 0 Å². The van der Waals surface area contributed by atoms with Crippen molar-refractivity contribution in [3.8, 4) is 0 Å². The second kappa shape index (κ2) is 6.21. The van der Waals surface area contributed by atoms with Crippen LogP contribution in [0.5, 0.6) is 0 Å². The van der Waals surface area contributed by atoms with Crippen LogP contribution in [0.25, 0.3) is 6.08 Å². The van der Waals surface area contributed by atoms with Crippen LogP contribution in [0, 0.1) is 5.82 Å². The van der Waals surface area contributed by atoms with E-state index in [2.05, 4.69) is 0 Å². The van der Waals surface area contributed by atoms with Gasteiger partial charge in [-0.2, -0.15) is 0 Å². The predicted molar refractivity (Wildman–Crippen MR) is 76.5 cm³/mol. The fraction of sp³-hybridized carbons (Fsp3) is 0.200. The highest BCUT2D eigenvalue weighted by Crippen LogP contribution is 2.12. The van der Waals surface area contributed by atoms with Crippen molar-refractivity contribution in [3.63, 3.8) is 0 Å². The Morgan fingerprint density at radius 3 is 2.62 bits per heavy atom. The van der Waals surface area contributed by atoms with Crippen molar-refractivity contribution in [2.45, 2.75) is 20.0 Å². The molecular weight excluding hydrogens is 275 g/mol. The molecule has 6 heteroatoms. The largest absolute Gasteiger partial charge is 0.478 e. The number of rotatable bonds is 5. The molecule has 1 aromatic heterocycles. The summed E-state index contributed by atoms with van der Waals surface area (Å²) in [6.07, 6.45) is 5.57. The van der Waals surface area contributed by atoms with E-state index < -0.39 is 11.8 Å². The first-order valence-electron chi connectivity index (χ1n) is 6.45. The van der Waals surface area contributed by atoms with Crippen LogP contribution >= 0.6 is 0 Å². The Morgan fingerprint density at radius 1 is 1.29 bits per heavy atom. The molecule has 0 saturated carbocycles. The molecule has 2 rings (SSSR count). The van der Waals surface area contributed by atoms with Crippen molar-refractivity contribution in [1.82, 2.24) is 9.13 Å². The van der Waals surface area contributed by atoms with E-state index in [1.807, 2.05) is 6.92 Å². The lowest BCUT2D eigenvalue weighted by Gasteiger charge is -2.04. The number of benzene rings is 1. The van der Waals surface area contributed by atoms with Gasteiger partial charge in [0, 0.05) is 25.0 Å². The van der Waals surface area contributed by atoms with Gasteiger partial charge in [-0.25, -0.2) is 14.0 Å². The van der Waals surface area contributed by atoms with E-state index in [0.717, 1.165) is 6.08 Å². The summed E-state index contributed by atoms with van der Waals surface area (Å²) in [5, 5.41) is 8.59. The normalized spacial score (nSPS) is 11.1. The maximum absolute atomic E-state index is 13.6. The molecule has 21 heavy (non-hydrogen) atoms. The van der Waals surface area contributed by atoms with Crippen molar-refractivity contribution in [2.24, 2.45) is 0 Å². The lowest BCUT2D eigenvalue weighted by molar-refractivity contribution is -0.131. The third-order valence-corrected chi connectivity index (χ3v) is 3.01. The minimum Gasteiger partial charge on any atom is -0.478 e. The topological polar surface area (TPSA) is 64.2 Å². The molecule has 5 nitrogen and oxygen atoms in total. The minimum absolute atomic E-state index is 0.163. The molecule has 0 fully saturated rings. The molecule has 0 aliphatic heterocycles. The molecule has 110 valence electrons. The van der Waals surface area contributed by atoms with Gasteiger partial charge in [-0.05, 0) is 42.3 Å². The lowest BCUT2D eigenvalue weighted by Crippen LogP contribution is -2.23. The monoisotopic (exact) mass is 290 g/mol. The third-order valence-electron chi connectivity index (χ3n) is 3.01. The summed E-state index contributed by atoms with van der Waals surface area (Å²) in [4.78, 5) is 22.4. The summed E-state index contributed by atoms with van der Waals surface area (Å²) < 4.78 is 16.6. The Labute approximate surface area is 120 Å². The summed E-state index contributed by atoms with van der Waals surface area (Å²) in [7, 11) is 0. The Morgan fingerprint density at radius 2 is 2.00 bits per heavy atom. The predicted octanol–water partition coefficient (Wildman–Crippen LogP) is 1.95. The van der Waals surface area contributed by atoms with Gasteiger partial charge in [0.05, 0.1) is 6.54 Å². The number of hydrogen-bond donors (Lipinski definition) is 1. The molecule has 0 aliphatic rings. The van der Waals surface area contributed by atoms with Gasteiger partial charge in [-0.1, -0.05) is 0 Å². The number of aryl methyl sites for hydroxylation is 1. The molecule has 0 saturated heterocycles. The highest BCUT2D eigenvalue weighted by Gasteiger charge is 2.05. The van der Waals surface area contributed by atoms with Crippen molar-refractivity contribution < 1.29 is 14.3 Å². The first-order valence-corrected chi connectivity index (χ1v) is 6.45. The summed E-state index contributed by atoms with van der Waals surface area (Å²) in [6, 6.07) is 4.22. The van der Waals surface area contributed by atoms with Crippen LogP contribution in [0.4, 0.5) is 4.39 Å². The first-order chi connectivity index (χ1) is 9.99. The van der Waals surface area contributed by atoms with Crippen molar-refractivity contribution in [2.75, 3.05) is 0 Å². The average molecular weight is 290 g/mol. The zero-order valence-corrected chi connectivity index (χ0v) is 11.5. The van der Waals surface area contributed by atoms with E-state index in [0.29, 0.717) is 17.7 Å². The minimum atomic E-state index is -1.10. The first kappa shape index (κ1) is 14.8. The van der Waals surface area contributed by atoms with Gasteiger partial charge in [-0.3, -0.25) is 9.13 Å². The maximum atomic E-state index is 13.6. The van der Waals surface area contributed by atoms with Crippen LogP contribution in [0.2, 0.25) is 0 Å². The highest BCUT2D eigenvalue weighted by molar-refractivity contribution is 5.85. The number of nitrogens with zero attached hydrogens (tertiary/aromatic N) is 2. The summed E-state index contributed by atoms with van der Waals surface area (Å²) >= 11 is 0. The van der Waals surface area contributed by atoms with Crippen molar-refractivity contribution in [3.05, 3.63) is 64.1 Å². The number of carbonyl (C=O) groups is 1. The van der Waals surface area contributed by atoms with Crippen LogP contribution in [0.3, 0.4) is 0 Å². The number of halogens is 1. The summed E-state index contributed by atoms with van der Waals surface area (Å²) in [5.41, 5.74) is 0.871. The SMILES string of the molecule is CCn1ccn(Cc2cc(F)cc(/C=C/C(=O)O)c2)c1=O. The Kier molecular flexibility index (Phi) is 4.37.